The van der Waals surface area contributed by atoms with Crippen LogP contribution in [-0.4, -0.2) is 62.1 Å². The van der Waals surface area contributed by atoms with Crippen LogP contribution in [0.15, 0.2) is 11.6 Å². The molecular formula is C40H75Cl3N4O3. The van der Waals surface area contributed by atoms with Gasteiger partial charge in [0.05, 0.1) is 0 Å². The van der Waals surface area contributed by atoms with Crippen LogP contribution in [0.2, 0.25) is 0 Å². The lowest BCUT2D eigenvalue weighted by Crippen LogP contribution is -2.51. The minimum atomic E-state index is -0.368. The summed E-state index contributed by atoms with van der Waals surface area (Å²) in [6.07, 6.45) is 19.6. The van der Waals surface area contributed by atoms with Crippen molar-refractivity contribution in [1.29, 1.82) is 0 Å². The molecule has 7 nitrogen and oxygen atoms in total. The van der Waals surface area contributed by atoms with E-state index in [2.05, 4.69) is 46.0 Å². The molecule has 0 unspecified atom stereocenters. The van der Waals surface area contributed by atoms with Crippen LogP contribution < -0.4 is 16.8 Å². The maximum Gasteiger partial charge on any atom is 0.315 e. The van der Waals surface area contributed by atoms with Crippen molar-refractivity contribution in [3.8, 4) is 0 Å². The van der Waals surface area contributed by atoms with Gasteiger partial charge in [0.1, 0.15) is 12.5 Å². The lowest BCUT2D eigenvalue weighted by atomic mass is 9.47. The average Bonchev–Trinajstić information content (AvgIpc) is 3.39. The van der Waals surface area contributed by atoms with Gasteiger partial charge in [-0.2, -0.15) is 0 Å². The van der Waals surface area contributed by atoms with Gasteiger partial charge in [0.2, 0.25) is 5.91 Å². The minimum Gasteiger partial charge on any atom is -0.462 e. The van der Waals surface area contributed by atoms with Gasteiger partial charge in [0, 0.05) is 19.5 Å². The van der Waals surface area contributed by atoms with E-state index in [0.29, 0.717) is 31.6 Å². The molecule has 8 atom stereocenters. The third kappa shape index (κ3) is 12.0. The van der Waals surface area contributed by atoms with Gasteiger partial charge in [-0.15, -0.1) is 37.2 Å². The highest BCUT2D eigenvalue weighted by Crippen LogP contribution is 2.67. The van der Waals surface area contributed by atoms with Gasteiger partial charge in [-0.05, 0) is 143 Å². The van der Waals surface area contributed by atoms with E-state index in [0.717, 1.165) is 93.5 Å². The van der Waals surface area contributed by atoms with Crippen LogP contribution in [0, 0.1) is 46.3 Å². The van der Waals surface area contributed by atoms with Crippen molar-refractivity contribution in [3.63, 3.8) is 0 Å². The number of amides is 1. The number of fused-ring (bicyclic) bond motifs is 5. The summed E-state index contributed by atoms with van der Waals surface area (Å²) in [4.78, 5) is 28.0. The molecule has 0 aromatic rings. The lowest BCUT2D eigenvalue weighted by molar-refractivity contribution is -0.155. The summed E-state index contributed by atoms with van der Waals surface area (Å²) < 4.78 is 6.03. The SMILES string of the molecule is CC(C)CCC[C@@H](C)[C@H]1CC[C@H]2[C@@H]3CC=C4C[C@@H](OC(=O)CC(=O)N(CCCN)CCCCNCCCN)CC[C@]4(C)[C@H]3CC[C@]12C.Cl.Cl.Cl. The number of halogens is 3. The molecule has 10 heteroatoms. The number of hydrogen-bond donors (Lipinski definition) is 3. The van der Waals surface area contributed by atoms with Gasteiger partial charge < -0.3 is 26.4 Å². The Morgan fingerprint density at radius 2 is 1.58 bits per heavy atom. The molecule has 50 heavy (non-hydrogen) atoms. The molecule has 0 heterocycles. The van der Waals surface area contributed by atoms with Crippen molar-refractivity contribution in [3.05, 3.63) is 11.6 Å². The first-order chi connectivity index (χ1) is 22.5. The third-order valence-corrected chi connectivity index (χ3v) is 13.4. The van der Waals surface area contributed by atoms with Gasteiger partial charge in [-0.25, -0.2) is 0 Å². The zero-order valence-corrected chi connectivity index (χ0v) is 34.7. The van der Waals surface area contributed by atoms with Crippen LogP contribution in [0.1, 0.15) is 137 Å². The van der Waals surface area contributed by atoms with E-state index < -0.39 is 0 Å². The second-order valence-electron chi connectivity index (χ2n) is 16.9. The zero-order chi connectivity index (χ0) is 34.0. The van der Waals surface area contributed by atoms with Gasteiger partial charge in [0.15, 0.2) is 0 Å². The summed E-state index contributed by atoms with van der Waals surface area (Å²) >= 11 is 0. The van der Waals surface area contributed by atoms with Gasteiger partial charge in [-0.1, -0.05) is 65.5 Å². The van der Waals surface area contributed by atoms with E-state index in [1.807, 2.05) is 4.90 Å². The number of nitrogens with one attached hydrogen (secondary N) is 1. The van der Waals surface area contributed by atoms with Crippen molar-refractivity contribution in [2.75, 3.05) is 39.3 Å². The number of ether oxygens (including phenoxy) is 1. The molecule has 4 aliphatic carbocycles. The van der Waals surface area contributed by atoms with E-state index >= 15 is 0 Å². The Kier molecular flexibility index (Phi) is 21.4. The monoisotopic (exact) mass is 764 g/mol. The maximum absolute atomic E-state index is 13.1. The summed E-state index contributed by atoms with van der Waals surface area (Å²) in [6.45, 7) is 16.8. The fourth-order valence-corrected chi connectivity index (χ4v) is 10.8. The molecule has 0 bridgehead atoms. The number of carbonyl (C=O) groups is 2. The number of carbonyl (C=O) groups excluding carboxylic acids is 2. The predicted octanol–water partition coefficient (Wildman–Crippen LogP) is 8.49. The first-order valence-electron chi connectivity index (χ1n) is 19.8. The molecule has 0 saturated heterocycles. The Balaban J connectivity index is 0.00000417. The van der Waals surface area contributed by atoms with Gasteiger partial charge in [0.25, 0.3) is 0 Å². The molecule has 3 saturated carbocycles. The summed E-state index contributed by atoms with van der Waals surface area (Å²) in [6, 6.07) is 0. The maximum atomic E-state index is 13.1. The largest absolute Gasteiger partial charge is 0.462 e. The zero-order valence-electron chi connectivity index (χ0n) is 32.2. The highest BCUT2D eigenvalue weighted by atomic mass is 35.5. The van der Waals surface area contributed by atoms with Crippen molar-refractivity contribution in [1.82, 2.24) is 10.2 Å². The summed E-state index contributed by atoms with van der Waals surface area (Å²) in [5.41, 5.74) is 13.6. The van der Waals surface area contributed by atoms with E-state index in [-0.39, 0.29) is 67.0 Å². The standard InChI is InChI=1S/C40H72N4O3.3ClH/c1-29(2)11-8-12-30(3)34-15-16-35-33-14-13-31-27-32(17-19-39(31,4)36(33)18-20-40(34,35)5)47-38(46)28-37(45)44(26-10-22-42)25-7-6-23-43-24-9-21-41;;;/h13,29-30,32-36,43H,6-12,14-28,41-42H2,1-5H3;3*1H/t30-,32+,33+,34-,35+,36+,39+,40-;;;/m1.../s1. The Labute approximate surface area is 324 Å². The number of hydrogen-bond acceptors (Lipinski definition) is 6. The lowest BCUT2D eigenvalue weighted by Gasteiger charge is -2.58. The highest BCUT2D eigenvalue weighted by molar-refractivity contribution is 5.94. The quantitative estimate of drug-likeness (QED) is 0.0527. The molecule has 4 aliphatic rings. The second kappa shape index (κ2) is 22.6. The topological polar surface area (TPSA) is 111 Å². The molecule has 1 amide bonds. The first-order valence-corrected chi connectivity index (χ1v) is 19.8. The van der Waals surface area contributed by atoms with E-state index in [1.165, 1.54) is 56.9 Å². The van der Waals surface area contributed by atoms with Gasteiger partial charge in [-0.3, -0.25) is 9.59 Å². The van der Waals surface area contributed by atoms with Crippen molar-refractivity contribution < 1.29 is 14.3 Å². The Hall–Kier alpha value is -0.570. The first kappa shape index (κ1) is 47.5. The number of nitrogens with zero attached hydrogens (tertiary/aromatic N) is 1. The molecule has 0 aromatic carbocycles. The molecule has 0 aliphatic heterocycles. The molecule has 4 rings (SSSR count). The second-order valence-corrected chi connectivity index (χ2v) is 16.9. The normalized spacial score (nSPS) is 30.3. The minimum absolute atomic E-state index is 0. The van der Waals surface area contributed by atoms with Crippen LogP contribution >= 0.6 is 37.2 Å². The number of unbranched alkanes of at least 4 members (excludes halogenated alkanes) is 1. The van der Waals surface area contributed by atoms with Crippen LogP contribution in [0.5, 0.6) is 0 Å². The molecular weight excluding hydrogens is 691 g/mol. The smallest absolute Gasteiger partial charge is 0.315 e. The highest BCUT2D eigenvalue weighted by Gasteiger charge is 2.59. The molecule has 0 spiro atoms. The Morgan fingerprint density at radius 3 is 2.28 bits per heavy atom. The van der Waals surface area contributed by atoms with Gasteiger partial charge >= 0.3 is 5.97 Å². The number of rotatable bonds is 19. The predicted molar refractivity (Wildman–Crippen MR) is 215 cm³/mol. The molecule has 0 aromatic heterocycles. The molecule has 5 N–H and O–H groups in total. The van der Waals surface area contributed by atoms with E-state index in [9.17, 15) is 9.59 Å². The molecule has 3 fully saturated rings. The summed E-state index contributed by atoms with van der Waals surface area (Å²) in [5, 5.41) is 3.39. The van der Waals surface area contributed by atoms with E-state index in [4.69, 9.17) is 16.2 Å². The molecule has 294 valence electrons. The number of allylic oxidation sites excluding steroid dienone is 1. The Morgan fingerprint density at radius 1 is 0.880 bits per heavy atom. The molecule has 0 radical (unpaired) electrons. The average molecular weight is 766 g/mol. The fraction of sp³-hybridized carbons (Fsp3) is 0.900. The van der Waals surface area contributed by atoms with Crippen molar-refractivity contribution in [2.24, 2.45) is 57.8 Å². The number of nitrogens with two attached hydrogens (primary N) is 2. The number of esters is 1. The fourth-order valence-electron chi connectivity index (χ4n) is 10.8. The van der Waals surface area contributed by atoms with Crippen LogP contribution in [0.4, 0.5) is 0 Å². The van der Waals surface area contributed by atoms with Crippen molar-refractivity contribution >= 4 is 49.1 Å². The van der Waals surface area contributed by atoms with Crippen LogP contribution in [-0.2, 0) is 14.3 Å². The van der Waals surface area contributed by atoms with E-state index in [1.54, 1.807) is 0 Å². The summed E-state index contributed by atoms with van der Waals surface area (Å²) in [5.74, 6) is 4.43. The van der Waals surface area contributed by atoms with Crippen LogP contribution in [0.3, 0.4) is 0 Å². The Bertz CT molecular complexity index is 1050. The van der Waals surface area contributed by atoms with Crippen LogP contribution in [0.25, 0.3) is 0 Å². The summed E-state index contributed by atoms with van der Waals surface area (Å²) in [7, 11) is 0. The third-order valence-electron chi connectivity index (χ3n) is 13.4. The van der Waals surface area contributed by atoms with Crippen molar-refractivity contribution in [2.45, 2.75) is 143 Å².